The molecule has 0 bridgehead atoms. The molecule has 2 saturated heterocycles. The molecule has 10 heterocycles. The summed E-state index contributed by atoms with van der Waals surface area (Å²) in [5, 5.41) is 21.0. The van der Waals surface area contributed by atoms with Gasteiger partial charge in [-0.1, -0.05) is 32.9 Å². The van der Waals surface area contributed by atoms with Crippen LogP contribution in [0.3, 0.4) is 0 Å². The second-order valence-electron chi connectivity index (χ2n) is 19.7. The van der Waals surface area contributed by atoms with Crippen LogP contribution in [0, 0.1) is 12.3 Å². The second-order valence-corrected chi connectivity index (χ2v) is 19.7. The first-order valence-corrected chi connectivity index (χ1v) is 23.8. The van der Waals surface area contributed by atoms with Crippen LogP contribution in [0.25, 0.3) is 89.4 Å². The summed E-state index contributed by atoms with van der Waals surface area (Å²) in [5.41, 5.74) is 13.8. The number of aryl methyl sites for hydroxylation is 1. The quantitative estimate of drug-likeness (QED) is 0.0953. The first-order chi connectivity index (χ1) is 33.9. The number of amides is 1. The van der Waals surface area contributed by atoms with Gasteiger partial charge in [0.15, 0.2) is 23.5 Å². The van der Waals surface area contributed by atoms with Gasteiger partial charge in [0.1, 0.15) is 34.0 Å². The van der Waals surface area contributed by atoms with Crippen LogP contribution in [0.4, 0.5) is 17.1 Å². The molecule has 8 aromatic heterocycles. The Balaban J connectivity index is 0.894. The Hall–Kier alpha value is -8.09. The van der Waals surface area contributed by atoms with E-state index >= 15 is 0 Å². The molecule has 5 N–H and O–H groups in total. The van der Waals surface area contributed by atoms with Crippen LogP contribution in [0.2, 0.25) is 0 Å². The number of rotatable bonds is 8. The van der Waals surface area contributed by atoms with Gasteiger partial charge in [0, 0.05) is 91.7 Å². The fourth-order valence-electron chi connectivity index (χ4n) is 9.83. The molecule has 2 fully saturated rings. The molecule has 0 spiro atoms. The predicted molar refractivity (Wildman–Crippen MR) is 273 cm³/mol. The van der Waals surface area contributed by atoms with Crippen LogP contribution >= 0.6 is 0 Å². The van der Waals surface area contributed by atoms with E-state index in [1.165, 1.54) is 0 Å². The van der Waals surface area contributed by atoms with Gasteiger partial charge in [0.05, 0.1) is 51.3 Å². The number of carbonyl (C=O) groups is 1. The number of H-pyrrole nitrogens is 4. The smallest absolute Gasteiger partial charge is 0.359 e. The lowest BCUT2D eigenvalue weighted by Crippen LogP contribution is -2.59. The highest BCUT2D eigenvalue weighted by molar-refractivity contribution is 5.98. The van der Waals surface area contributed by atoms with Crippen LogP contribution in [0.5, 0.6) is 0 Å². The minimum absolute atomic E-state index is 0.0869. The lowest BCUT2D eigenvalue weighted by atomic mass is 9.95. The summed E-state index contributed by atoms with van der Waals surface area (Å²) in [5.74, 6) is 1.31. The van der Waals surface area contributed by atoms with Gasteiger partial charge in [0.25, 0.3) is 0 Å². The fraction of sp³-hybridized carbons (Fsp3) is 0.288. The molecule has 1 atom stereocenters. The molecule has 18 nitrogen and oxygen atoms in total. The number of fused-ring (bicyclic) bond motifs is 4. The van der Waals surface area contributed by atoms with Crippen LogP contribution in [-0.2, 0) is 4.79 Å². The maximum Gasteiger partial charge on any atom is 0.359 e. The number of hydrogen-bond donors (Lipinski definition) is 5. The molecule has 0 radical (unpaired) electrons. The zero-order valence-electron chi connectivity index (χ0n) is 40.0. The molecule has 70 heavy (non-hydrogen) atoms. The Labute approximate surface area is 403 Å². The lowest BCUT2D eigenvalue weighted by Gasteiger charge is -2.39. The zero-order valence-corrected chi connectivity index (χ0v) is 40.0. The molecular weight excluding hydrogens is 879 g/mol. The summed E-state index contributed by atoms with van der Waals surface area (Å²) in [6.07, 6.45) is 11.1. The van der Waals surface area contributed by atoms with Gasteiger partial charge in [-0.25, -0.2) is 19.5 Å². The highest BCUT2D eigenvalue weighted by Crippen LogP contribution is 2.36. The molecule has 352 valence electrons. The highest BCUT2D eigenvalue weighted by Gasteiger charge is 2.35. The van der Waals surface area contributed by atoms with Gasteiger partial charge < -0.3 is 30.0 Å². The van der Waals surface area contributed by atoms with Crippen LogP contribution < -0.4 is 19.7 Å². The van der Waals surface area contributed by atoms with Gasteiger partial charge in [0.2, 0.25) is 5.91 Å². The number of imidazole rings is 2. The summed E-state index contributed by atoms with van der Waals surface area (Å²) in [6.45, 7) is 14.0. The van der Waals surface area contributed by atoms with Gasteiger partial charge in [-0.05, 0) is 75.1 Å². The number of piperazine rings is 2. The van der Waals surface area contributed by atoms with E-state index in [2.05, 4.69) is 140 Å². The number of benzene rings is 2. The number of aromatic nitrogens is 12. The standard InChI is InChI=1S/C52H53N17O/c1-30-13-14-53-27-37(30)33-23-36-44(49-58-38-9-7-11-40(45(38)59-49)67-18-15-65(5)16-19-67)62-64-50(36)69(28-33)42-29-68(20-17-66(42)6)41-12-8-10-39-46(41)60-48(57-39)43-35-22-32(25-55-47(35)63-61-43)31-21-34(26-54-24-31)56-51(70)52(2,3)4/h7-14,21-28,42H,15-20,29H2,1-6H3,(H4,55,56,57,58,59,60,61,62,63,70)/p+1. The van der Waals surface area contributed by atoms with Crippen LogP contribution in [0.15, 0.2) is 97.8 Å². The molecule has 18 heteroatoms. The molecule has 2 aromatic carbocycles. The molecule has 12 rings (SSSR count). The predicted octanol–water partition coefficient (Wildman–Crippen LogP) is 7.33. The number of likely N-dealkylation sites (N-methyl/N-ethyl adjacent to an activating group) is 2. The Morgan fingerprint density at radius 2 is 1.40 bits per heavy atom. The number of pyridine rings is 4. The topological polar surface area (TPSA) is 199 Å². The molecule has 2 aliphatic heterocycles. The maximum atomic E-state index is 12.8. The minimum atomic E-state index is -0.545. The van der Waals surface area contributed by atoms with Crippen LogP contribution in [-0.4, -0.2) is 131 Å². The van der Waals surface area contributed by atoms with Gasteiger partial charge in [-0.15, -0.1) is 0 Å². The zero-order chi connectivity index (χ0) is 47.8. The third-order valence-electron chi connectivity index (χ3n) is 14.0. The van der Waals surface area contributed by atoms with Crippen molar-refractivity contribution in [2.45, 2.75) is 33.9 Å². The Kier molecular flexibility index (Phi) is 10.4. The van der Waals surface area contributed by atoms with Crippen molar-refractivity contribution in [3.63, 3.8) is 0 Å². The normalized spacial score (nSPS) is 16.3. The van der Waals surface area contributed by atoms with Crippen molar-refractivity contribution in [3.8, 4) is 45.3 Å². The summed E-state index contributed by atoms with van der Waals surface area (Å²) in [7, 11) is 4.36. The SMILES string of the molecule is Cc1ccncc1-c1cc2c(-c3nc4c(N5CCN(C)CC5)cccc4[nH]3)[nH]nc2[n+](C2CN(c3cccc4[nH]c(-c5[nH]nc6ncc(-c7cncc(NC(=O)C(C)(C)C)c7)cc56)nc34)CCN2C)c1. The van der Waals surface area contributed by atoms with Crippen molar-refractivity contribution < 1.29 is 9.36 Å². The van der Waals surface area contributed by atoms with E-state index in [4.69, 9.17) is 20.1 Å². The number of nitrogens with zero attached hydrogens (tertiary/aromatic N) is 12. The summed E-state index contributed by atoms with van der Waals surface area (Å²) >= 11 is 0. The molecule has 0 saturated carbocycles. The number of aromatic amines is 4. The van der Waals surface area contributed by atoms with Gasteiger partial charge in [-0.3, -0.25) is 24.8 Å². The highest BCUT2D eigenvalue weighted by atomic mass is 16.2. The average Bonchev–Trinajstić information content (AvgIpc) is 4.18. The number of nitrogens with one attached hydrogen (secondary N) is 5. The van der Waals surface area contributed by atoms with Gasteiger partial charge in [-0.2, -0.15) is 10.2 Å². The lowest BCUT2D eigenvalue weighted by molar-refractivity contribution is -0.719. The van der Waals surface area contributed by atoms with Gasteiger partial charge >= 0.3 is 5.65 Å². The van der Waals surface area contributed by atoms with E-state index in [9.17, 15) is 4.79 Å². The summed E-state index contributed by atoms with van der Waals surface area (Å²) in [4.78, 5) is 53.8. The average molecular weight is 933 g/mol. The Morgan fingerprint density at radius 1 is 0.729 bits per heavy atom. The van der Waals surface area contributed by atoms with Crippen molar-refractivity contribution in [2.75, 3.05) is 75.0 Å². The van der Waals surface area contributed by atoms with Crippen molar-refractivity contribution in [2.24, 2.45) is 5.41 Å². The third kappa shape index (κ3) is 7.65. The van der Waals surface area contributed by atoms with Crippen molar-refractivity contribution >= 4 is 67.1 Å². The molecule has 1 unspecified atom stereocenters. The molecule has 2 aliphatic rings. The molecule has 0 aliphatic carbocycles. The first kappa shape index (κ1) is 43.2. The Morgan fingerprint density at radius 3 is 2.13 bits per heavy atom. The van der Waals surface area contributed by atoms with Crippen LogP contribution in [0.1, 0.15) is 32.5 Å². The molecule has 1 amide bonds. The summed E-state index contributed by atoms with van der Waals surface area (Å²) in [6, 6.07) is 20.9. The minimum Gasteiger partial charge on any atom is -0.367 e. The van der Waals surface area contributed by atoms with E-state index in [0.29, 0.717) is 23.7 Å². The maximum absolute atomic E-state index is 12.8. The molecule has 10 aromatic rings. The first-order valence-electron chi connectivity index (χ1n) is 23.8. The van der Waals surface area contributed by atoms with Crippen molar-refractivity contribution in [1.82, 2.24) is 65.1 Å². The Bertz CT molecular complexity index is 3630. The third-order valence-corrected chi connectivity index (χ3v) is 14.0. The number of carbonyl (C=O) groups excluding carboxylic acids is 1. The fourth-order valence-corrected chi connectivity index (χ4v) is 9.83. The van der Waals surface area contributed by atoms with Crippen molar-refractivity contribution in [1.29, 1.82) is 0 Å². The largest absolute Gasteiger partial charge is 0.367 e. The van der Waals surface area contributed by atoms with E-state index in [1.54, 1.807) is 18.6 Å². The van der Waals surface area contributed by atoms with E-state index in [-0.39, 0.29) is 12.1 Å². The van der Waals surface area contributed by atoms with Crippen molar-refractivity contribution in [3.05, 3.63) is 103 Å². The second kappa shape index (κ2) is 16.8. The van der Waals surface area contributed by atoms with E-state index < -0.39 is 5.41 Å². The van der Waals surface area contributed by atoms with E-state index in [1.807, 2.05) is 45.3 Å². The number of anilines is 3. The van der Waals surface area contributed by atoms with E-state index in [0.717, 1.165) is 134 Å². The number of hydrogen-bond acceptors (Lipinski definition) is 12. The monoisotopic (exact) mass is 932 g/mol. The number of para-hydroxylation sites is 2. The molecular formula is C52H54N17O+. The summed E-state index contributed by atoms with van der Waals surface area (Å²) < 4.78 is 2.31.